The average Bonchev–Trinajstić information content (AvgIpc) is 2.34. The first-order chi connectivity index (χ1) is 7.83. The highest BCUT2D eigenvalue weighted by Crippen LogP contribution is 2.30. The van der Waals surface area contributed by atoms with Gasteiger partial charge in [-0.25, -0.2) is 0 Å². The fraction of sp³-hybridized carbons (Fsp3) is 0.571. The fourth-order valence-corrected chi connectivity index (χ4v) is 2.80. The molecule has 1 aliphatic rings. The van der Waals surface area contributed by atoms with Crippen molar-refractivity contribution in [2.75, 3.05) is 19.6 Å². The molecule has 1 aliphatic heterocycles. The van der Waals surface area contributed by atoms with Gasteiger partial charge in [0.05, 0.1) is 0 Å². The molecule has 0 amide bonds. The van der Waals surface area contributed by atoms with Crippen molar-refractivity contribution < 1.29 is 0 Å². The van der Waals surface area contributed by atoms with Gasteiger partial charge >= 0.3 is 0 Å². The smallest absolute Gasteiger partial charge is 0.000418 e. The largest absolute Gasteiger partial charge is 0.330 e. The number of nitrogens with two attached hydrogens (primary N) is 1. The van der Waals surface area contributed by atoms with Gasteiger partial charge in [0.25, 0.3) is 0 Å². The van der Waals surface area contributed by atoms with Crippen LogP contribution < -0.4 is 11.1 Å². The maximum absolute atomic E-state index is 5.98. The average molecular weight is 218 g/mol. The predicted molar refractivity (Wildman–Crippen MR) is 68.6 cm³/mol. The second-order valence-corrected chi connectivity index (χ2v) is 4.81. The molecule has 0 radical (unpaired) electrons. The second kappa shape index (κ2) is 5.46. The number of rotatable bonds is 3. The third kappa shape index (κ3) is 2.45. The molecule has 0 aromatic heterocycles. The number of benzene rings is 1. The van der Waals surface area contributed by atoms with Crippen molar-refractivity contribution in [1.82, 2.24) is 5.32 Å². The Morgan fingerprint density at radius 2 is 2.25 bits per heavy atom. The molecule has 2 nitrogen and oxygen atoms in total. The van der Waals surface area contributed by atoms with Gasteiger partial charge in [0.1, 0.15) is 0 Å². The van der Waals surface area contributed by atoms with Crippen LogP contribution in [-0.4, -0.2) is 19.6 Å². The molecule has 0 spiro atoms. The first-order valence-electron chi connectivity index (χ1n) is 6.29. The summed E-state index contributed by atoms with van der Waals surface area (Å²) in [5.74, 6) is 1.23. The van der Waals surface area contributed by atoms with E-state index >= 15 is 0 Å². The summed E-state index contributed by atoms with van der Waals surface area (Å²) in [6.45, 7) is 5.24. The molecular weight excluding hydrogens is 196 g/mol. The van der Waals surface area contributed by atoms with Crippen molar-refractivity contribution in [1.29, 1.82) is 0 Å². The molecule has 3 N–H and O–H groups in total. The lowest BCUT2D eigenvalue weighted by atomic mass is 9.80. The molecule has 16 heavy (non-hydrogen) atoms. The Morgan fingerprint density at radius 3 is 2.88 bits per heavy atom. The zero-order valence-corrected chi connectivity index (χ0v) is 10.1. The van der Waals surface area contributed by atoms with E-state index in [0.29, 0.717) is 11.8 Å². The molecule has 2 unspecified atom stereocenters. The van der Waals surface area contributed by atoms with Crippen LogP contribution in [0.2, 0.25) is 0 Å². The molecule has 1 saturated heterocycles. The lowest BCUT2D eigenvalue weighted by Gasteiger charge is -2.31. The first kappa shape index (κ1) is 11.6. The second-order valence-electron chi connectivity index (χ2n) is 4.81. The number of hydrogen-bond donors (Lipinski definition) is 2. The highest BCUT2D eigenvalue weighted by atomic mass is 14.9. The summed E-state index contributed by atoms with van der Waals surface area (Å²) < 4.78 is 0. The van der Waals surface area contributed by atoms with E-state index < -0.39 is 0 Å². The van der Waals surface area contributed by atoms with Gasteiger partial charge in [-0.15, -0.1) is 0 Å². The molecule has 2 rings (SSSR count). The maximum atomic E-state index is 5.98. The van der Waals surface area contributed by atoms with Crippen LogP contribution in [0.4, 0.5) is 0 Å². The molecule has 2 atom stereocenters. The van der Waals surface area contributed by atoms with Crippen LogP contribution in [0, 0.1) is 12.8 Å². The summed E-state index contributed by atoms with van der Waals surface area (Å²) in [6, 6.07) is 8.66. The summed E-state index contributed by atoms with van der Waals surface area (Å²) in [6.07, 6.45) is 2.59. The minimum Gasteiger partial charge on any atom is -0.330 e. The van der Waals surface area contributed by atoms with E-state index in [1.807, 2.05) is 0 Å². The van der Waals surface area contributed by atoms with Crippen molar-refractivity contribution in [3.05, 3.63) is 35.4 Å². The van der Waals surface area contributed by atoms with Gasteiger partial charge in [-0.1, -0.05) is 24.3 Å². The Labute approximate surface area is 98.2 Å². The SMILES string of the molecule is Cc1ccccc1C(CN)C1CCCNC1. The Kier molecular flexibility index (Phi) is 3.97. The quantitative estimate of drug-likeness (QED) is 0.814. The van der Waals surface area contributed by atoms with Gasteiger partial charge in [0, 0.05) is 5.92 Å². The zero-order chi connectivity index (χ0) is 11.4. The molecule has 2 heteroatoms. The lowest BCUT2D eigenvalue weighted by molar-refractivity contribution is 0.325. The van der Waals surface area contributed by atoms with Crippen LogP contribution in [0.15, 0.2) is 24.3 Å². The summed E-state index contributed by atoms with van der Waals surface area (Å²) in [7, 11) is 0. The van der Waals surface area contributed by atoms with E-state index in [9.17, 15) is 0 Å². The van der Waals surface area contributed by atoms with Crippen molar-refractivity contribution in [2.45, 2.75) is 25.7 Å². The predicted octanol–water partition coefficient (Wildman–Crippen LogP) is 2.04. The van der Waals surface area contributed by atoms with Crippen molar-refractivity contribution in [2.24, 2.45) is 11.7 Å². The van der Waals surface area contributed by atoms with Crippen LogP contribution >= 0.6 is 0 Å². The number of hydrogen-bond acceptors (Lipinski definition) is 2. The summed E-state index contributed by atoms with van der Waals surface area (Å²) >= 11 is 0. The van der Waals surface area contributed by atoms with Crippen molar-refractivity contribution in [3.8, 4) is 0 Å². The Balaban J connectivity index is 2.18. The molecule has 1 heterocycles. The molecular formula is C14H22N2. The van der Waals surface area contributed by atoms with Gasteiger partial charge in [-0.05, 0) is 56.4 Å². The van der Waals surface area contributed by atoms with Crippen molar-refractivity contribution >= 4 is 0 Å². The van der Waals surface area contributed by atoms with Crippen LogP contribution in [0.3, 0.4) is 0 Å². The van der Waals surface area contributed by atoms with Crippen LogP contribution in [-0.2, 0) is 0 Å². The van der Waals surface area contributed by atoms with E-state index in [4.69, 9.17) is 5.73 Å². The van der Waals surface area contributed by atoms with Gasteiger partial charge in [0.2, 0.25) is 0 Å². The maximum Gasteiger partial charge on any atom is 0.000418 e. The van der Waals surface area contributed by atoms with E-state index in [-0.39, 0.29) is 0 Å². The van der Waals surface area contributed by atoms with Gasteiger partial charge in [0.15, 0.2) is 0 Å². The summed E-state index contributed by atoms with van der Waals surface area (Å²) in [4.78, 5) is 0. The van der Waals surface area contributed by atoms with Crippen LogP contribution in [0.25, 0.3) is 0 Å². The molecule has 1 aromatic carbocycles. The lowest BCUT2D eigenvalue weighted by Crippen LogP contribution is -2.36. The van der Waals surface area contributed by atoms with E-state index in [1.165, 1.54) is 30.5 Å². The topological polar surface area (TPSA) is 38.0 Å². The Hall–Kier alpha value is -0.860. The normalized spacial score (nSPS) is 23.0. The number of piperidine rings is 1. The highest BCUT2D eigenvalue weighted by molar-refractivity contribution is 5.30. The van der Waals surface area contributed by atoms with Crippen LogP contribution in [0.1, 0.15) is 29.9 Å². The number of aryl methyl sites for hydroxylation is 1. The Morgan fingerprint density at radius 1 is 1.44 bits per heavy atom. The monoisotopic (exact) mass is 218 g/mol. The molecule has 0 aliphatic carbocycles. The van der Waals surface area contributed by atoms with E-state index in [2.05, 4.69) is 36.5 Å². The van der Waals surface area contributed by atoms with E-state index in [1.54, 1.807) is 0 Å². The first-order valence-corrected chi connectivity index (χ1v) is 6.29. The van der Waals surface area contributed by atoms with Gasteiger partial charge in [-0.3, -0.25) is 0 Å². The third-order valence-corrected chi connectivity index (χ3v) is 3.75. The van der Waals surface area contributed by atoms with E-state index in [0.717, 1.165) is 13.1 Å². The number of nitrogens with one attached hydrogen (secondary N) is 1. The minimum atomic E-state index is 0.522. The summed E-state index contributed by atoms with van der Waals surface area (Å²) in [5.41, 5.74) is 8.80. The van der Waals surface area contributed by atoms with Crippen molar-refractivity contribution in [3.63, 3.8) is 0 Å². The van der Waals surface area contributed by atoms with Gasteiger partial charge in [-0.2, -0.15) is 0 Å². The van der Waals surface area contributed by atoms with Gasteiger partial charge < -0.3 is 11.1 Å². The molecule has 1 fully saturated rings. The molecule has 1 aromatic rings. The molecule has 88 valence electrons. The Bertz CT molecular complexity index is 329. The van der Waals surface area contributed by atoms with Crippen LogP contribution in [0.5, 0.6) is 0 Å². The summed E-state index contributed by atoms with van der Waals surface area (Å²) in [5, 5.41) is 3.48. The molecule has 0 saturated carbocycles. The molecule has 0 bridgehead atoms. The fourth-order valence-electron chi connectivity index (χ4n) is 2.80. The highest BCUT2D eigenvalue weighted by Gasteiger charge is 2.24. The zero-order valence-electron chi connectivity index (χ0n) is 10.1. The minimum absolute atomic E-state index is 0.522. The standard InChI is InChI=1S/C14H22N2/c1-11-5-2-3-7-13(11)14(9-15)12-6-4-8-16-10-12/h2-3,5,7,12,14,16H,4,6,8-10,15H2,1H3. The third-order valence-electron chi connectivity index (χ3n) is 3.75.